The summed E-state index contributed by atoms with van der Waals surface area (Å²) < 4.78 is 0. The van der Waals surface area contributed by atoms with E-state index in [0.29, 0.717) is 11.6 Å². The summed E-state index contributed by atoms with van der Waals surface area (Å²) in [4.78, 5) is 10.5. The Hall–Kier alpha value is -3.16. The van der Waals surface area contributed by atoms with Crippen molar-refractivity contribution in [3.05, 3.63) is 65.5 Å². The first-order valence-electron chi connectivity index (χ1n) is 10.7. The van der Waals surface area contributed by atoms with Gasteiger partial charge in [-0.1, -0.05) is 44.2 Å². The quantitative estimate of drug-likeness (QED) is 0.511. The Kier molecular flexibility index (Phi) is 5.83. The number of rotatable bonds is 5. The van der Waals surface area contributed by atoms with E-state index >= 15 is 0 Å². The number of benzene rings is 1. The fourth-order valence-electron chi connectivity index (χ4n) is 4.48. The van der Waals surface area contributed by atoms with Crippen LogP contribution in [-0.4, -0.2) is 28.0 Å². The van der Waals surface area contributed by atoms with Crippen LogP contribution in [0.4, 0.5) is 0 Å². The van der Waals surface area contributed by atoms with Gasteiger partial charge in [0, 0.05) is 40.0 Å². The number of H-pyrrole nitrogens is 1. The summed E-state index contributed by atoms with van der Waals surface area (Å²) >= 11 is 0. The van der Waals surface area contributed by atoms with Gasteiger partial charge in [-0.3, -0.25) is 4.90 Å². The SMILES string of the molecule is C=Cc1[nH]c2ncc(-c3ccc(C4CCCCN4CC)cc3)cc2c1/C=C(\C)C#N. The zero-order valence-electron chi connectivity index (χ0n) is 17.8. The molecule has 3 aromatic rings. The Labute approximate surface area is 178 Å². The molecule has 3 heterocycles. The first-order valence-corrected chi connectivity index (χ1v) is 10.7. The van der Waals surface area contributed by atoms with Gasteiger partial charge in [-0.15, -0.1) is 0 Å². The molecular weight excluding hydrogens is 368 g/mol. The first-order chi connectivity index (χ1) is 14.6. The molecule has 0 spiro atoms. The van der Waals surface area contributed by atoms with Crippen molar-refractivity contribution >= 4 is 23.2 Å². The average Bonchev–Trinajstić information content (AvgIpc) is 3.15. The second kappa shape index (κ2) is 8.69. The highest BCUT2D eigenvalue weighted by atomic mass is 15.2. The van der Waals surface area contributed by atoms with Crippen molar-refractivity contribution < 1.29 is 0 Å². The molecular formula is C26H28N4. The van der Waals surface area contributed by atoms with Crippen LogP contribution >= 0.6 is 0 Å². The highest BCUT2D eigenvalue weighted by Gasteiger charge is 2.22. The zero-order valence-corrected chi connectivity index (χ0v) is 17.8. The van der Waals surface area contributed by atoms with Gasteiger partial charge in [0.25, 0.3) is 0 Å². The molecule has 0 aliphatic carbocycles. The van der Waals surface area contributed by atoms with Crippen LogP contribution in [0.25, 0.3) is 34.3 Å². The van der Waals surface area contributed by atoms with Crippen molar-refractivity contribution in [1.82, 2.24) is 14.9 Å². The van der Waals surface area contributed by atoms with Gasteiger partial charge in [0.05, 0.1) is 6.07 Å². The molecule has 4 nitrogen and oxygen atoms in total. The second-order valence-corrected chi connectivity index (χ2v) is 7.98. The van der Waals surface area contributed by atoms with Crippen molar-refractivity contribution in [3.63, 3.8) is 0 Å². The lowest BCUT2D eigenvalue weighted by molar-refractivity contribution is 0.157. The van der Waals surface area contributed by atoms with Gasteiger partial charge in [0.2, 0.25) is 0 Å². The number of pyridine rings is 1. The van der Waals surface area contributed by atoms with Crippen molar-refractivity contribution in [2.24, 2.45) is 0 Å². The largest absolute Gasteiger partial charge is 0.339 e. The first kappa shape index (κ1) is 20.1. The summed E-state index contributed by atoms with van der Waals surface area (Å²) in [5.74, 6) is 0. The van der Waals surface area contributed by atoms with Gasteiger partial charge < -0.3 is 4.98 Å². The summed E-state index contributed by atoms with van der Waals surface area (Å²) in [6, 6.07) is 13.8. The molecule has 1 saturated heterocycles. The number of hydrogen-bond acceptors (Lipinski definition) is 3. The summed E-state index contributed by atoms with van der Waals surface area (Å²) in [5, 5.41) is 10.2. The number of likely N-dealkylation sites (tertiary alicyclic amines) is 1. The molecule has 4 heteroatoms. The Morgan fingerprint density at radius 2 is 2.10 bits per heavy atom. The van der Waals surface area contributed by atoms with Gasteiger partial charge in [0.15, 0.2) is 0 Å². The number of aromatic nitrogens is 2. The Morgan fingerprint density at radius 1 is 1.30 bits per heavy atom. The molecule has 0 amide bonds. The average molecular weight is 397 g/mol. The predicted molar refractivity (Wildman–Crippen MR) is 125 cm³/mol. The molecule has 1 N–H and O–H groups in total. The van der Waals surface area contributed by atoms with Gasteiger partial charge in [-0.25, -0.2) is 4.98 Å². The Bertz CT molecular complexity index is 1130. The zero-order chi connectivity index (χ0) is 21.1. The molecule has 0 bridgehead atoms. The normalized spacial score (nSPS) is 17.8. The molecule has 1 aliphatic rings. The van der Waals surface area contributed by atoms with E-state index in [1.165, 1.54) is 31.4 Å². The van der Waals surface area contributed by atoms with E-state index in [1.807, 2.05) is 19.2 Å². The lowest BCUT2D eigenvalue weighted by atomic mass is 9.93. The fourth-order valence-corrected chi connectivity index (χ4v) is 4.48. The van der Waals surface area contributed by atoms with Crippen LogP contribution in [0.3, 0.4) is 0 Å². The van der Waals surface area contributed by atoms with Crippen molar-refractivity contribution in [2.75, 3.05) is 13.1 Å². The van der Waals surface area contributed by atoms with E-state index in [-0.39, 0.29) is 0 Å². The maximum Gasteiger partial charge on any atom is 0.138 e. The van der Waals surface area contributed by atoms with E-state index in [0.717, 1.165) is 40.0 Å². The number of piperidine rings is 1. The predicted octanol–water partition coefficient (Wildman–Crippen LogP) is 6.35. The molecule has 1 aliphatic heterocycles. The van der Waals surface area contributed by atoms with Gasteiger partial charge in [-0.2, -0.15) is 5.26 Å². The maximum atomic E-state index is 9.20. The van der Waals surface area contributed by atoms with Crippen LogP contribution in [0.2, 0.25) is 0 Å². The molecule has 1 unspecified atom stereocenters. The molecule has 152 valence electrons. The van der Waals surface area contributed by atoms with Crippen molar-refractivity contribution in [1.29, 1.82) is 5.26 Å². The molecule has 1 atom stereocenters. The third kappa shape index (κ3) is 3.81. The third-order valence-electron chi connectivity index (χ3n) is 6.11. The number of nitrogens with zero attached hydrogens (tertiary/aromatic N) is 3. The van der Waals surface area contributed by atoms with Gasteiger partial charge in [0.1, 0.15) is 5.65 Å². The Morgan fingerprint density at radius 3 is 2.80 bits per heavy atom. The summed E-state index contributed by atoms with van der Waals surface area (Å²) in [5.41, 5.74) is 6.94. The molecule has 30 heavy (non-hydrogen) atoms. The van der Waals surface area contributed by atoms with Crippen molar-refractivity contribution in [3.8, 4) is 17.2 Å². The number of nitrogens with one attached hydrogen (secondary N) is 1. The number of hydrogen-bond donors (Lipinski definition) is 1. The van der Waals surface area contributed by atoms with Crippen LogP contribution in [0.5, 0.6) is 0 Å². The monoisotopic (exact) mass is 396 g/mol. The fraction of sp³-hybridized carbons (Fsp3) is 0.308. The smallest absolute Gasteiger partial charge is 0.138 e. The second-order valence-electron chi connectivity index (χ2n) is 7.98. The van der Waals surface area contributed by atoms with E-state index in [9.17, 15) is 5.26 Å². The molecule has 1 fully saturated rings. The molecule has 1 aromatic carbocycles. The number of nitriles is 1. The van der Waals surface area contributed by atoms with Crippen LogP contribution in [0.15, 0.2) is 48.7 Å². The number of fused-ring (bicyclic) bond motifs is 1. The third-order valence-corrected chi connectivity index (χ3v) is 6.11. The molecule has 0 radical (unpaired) electrons. The van der Waals surface area contributed by atoms with Gasteiger partial charge >= 0.3 is 0 Å². The lowest BCUT2D eigenvalue weighted by Gasteiger charge is -2.35. The van der Waals surface area contributed by atoms with Crippen LogP contribution in [0.1, 0.15) is 56.0 Å². The Balaban J connectivity index is 1.70. The van der Waals surface area contributed by atoms with E-state index in [4.69, 9.17) is 0 Å². The van der Waals surface area contributed by atoms with Crippen molar-refractivity contribution in [2.45, 2.75) is 39.2 Å². The van der Waals surface area contributed by atoms with E-state index in [1.54, 1.807) is 6.08 Å². The topological polar surface area (TPSA) is 55.7 Å². The summed E-state index contributed by atoms with van der Waals surface area (Å²) in [6.45, 7) is 10.3. The highest BCUT2D eigenvalue weighted by molar-refractivity contribution is 5.94. The summed E-state index contributed by atoms with van der Waals surface area (Å²) in [6.07, 6.45) is 9.43. The molecule has 4 rings (SSSR count). The molecule has 0 saturated carbocycles. The minimum Gasteiger partial charge on any atom is -0.339 e. The standard InChI is InChI=1S/C26H28N4/c1-4-24-22(14-18(3)16-27)23-15-21(17-28-26(23)29-24)19-9-11-20(12-10-19)25-8-6-7-13-30(25)5-2/h4,9-12,14-15,17,25H,1,5-8,13H2,2-3H3,(H,28,29)/b18-14+. The summed E-state index contributed by atoms with van der Waals surface area (Å²) in [7, 11) is 0. The van der Waals surface area contributed by atoms with Crippen LogP contribution < -0.4 is 0 Å². The van der Waals surface area contributed by atoms with Crippen LogP contribution in [-0.2, 0) is 0 Å². The molecule has 2 aromatic heterocycles. The number of aromatic amines is 1. The van der Waals surface area contributed by atoms with Crippen LogP contribution in [0, 0.1) is 11.3 Å². The minimum absolute atomic E-state index is 0.531. The lowest BCUT2D eigenvalue weighted by Crippen LogP contribution is -2.33. The maximum absolute atomic E-state index is 9.20. The van der Waals surface area contributed by atoms with E-state index in [2.05, 4.69) is 64.8 Å². The number of allylic oxidation sites excluding steroid dienone is 1. The van der Waals surface area contributed by atoms with Gasteiger partial charge in [-0.05, 0) is 62.2 Å². The highest BCUT2D eigenvalue weighted by Crippen LogP contribution is 2.33. The minimum atomic E-state index is 0.531. The van der Waals surface area contributed by atoms with E-state index < -0.39 is 0 Å².